The fourth-order valence-corrected chi connectivity index (χ4v) is 4.38. The molecule has 2 rings (SSSR count). The van der Waals surface area contributed by atoms with E-state index >= 15 is 0 Å². The maximum Gasteiger partial charge on any atom is 0.261 e. The minimum atomic E-state index is -3.50. The fourth-order valence-electron chi connectivity index (χ4n) is 1.87. The van der Waals surface area contributed by atoms with Crippen LogP contribution >= 0.6 is 11.3 Å². The number of thiophene rings is 1. The lowest BCUT2D eigenvalue weighted by molar-refractivity contribution is 0.100. The average molecular weight is 317 g/mol. The molecule has 112 valence electrons. The van der Waals surface area contributed by atoms with Crippen molar-refractivity contribution >= 4 is 37.8 Å². The van der Waals surface area contributed by atoms with Crippen LogP contribution in [0.2, 0.25) is 0 Å². The van der Waals surface area contributed by atoms with Crippen molar-refractivity contribution in [1.82, 2.24) is 0 Å². The molecule has 0 unspecified atom stereocenters. The zero-order valence-corrected chi connectivity index (χ0v) is 13.2. The second kappa shape index (κ2) is 4.92. The van der Waals surface area contributed by atoms with Gasteiger partial charge in [0.2, 0.25) is 0 Å². The van der Waals surface area contributed by atoms with Gasteiger partial charge in [0, 0.05) is 6.54 Å². The number of nitrogens with two attached hydrogens (primary N) is 2. The van der Waals surface area contributed by atoms with Crippen molar-refractivity contribution in [2.24, 2.45) is 11.1 Å². The Morgan fingerprint density at radius 2 is 2.05 bits per heavy atom. The summed E-state index contributed by atoms with van der Waals surface area (Å²) in [6, 6.07) is 0. The van der Waals surface area contributed by atoms with Gasteiger partial charge in [-0.3, -0.25) is 4.79 Å². The molecule has 1 fully saturated rings. The molecule has 0 spiro atoms. The van der Waals surface area contributed by atoms with Crippen LogP contribution in [-0.2, 0) is 9.84 Å². The molecule has 0 aliphatic heterocycles. The number of nitrogens with one attached hydrogen (secondary N) is 1. The normalized spacial score (nSPS) is 16.9. The first-order valence-electron chi connectivity index (χ1n) is 6.39. The Bertz CT molecular complexity index is 645. The monoisotopic (exact) mass is 317 g/mol. The molecule has 1 aromatic heterocycles. The SMILES string of the molecule is CCS(=O)(=O)c1c(NCC2(C)CC2)sc(C(N)=O)c1N. The van der Waals surface area contributed by atoms with Crippen LogP contribution in [0.3, 0.4) is 0 Å². The third-order valence-electron chi connectivity index (χ3n) is 3.59. The van der Waals surface area contributed by atoms with Gasteiger partial charge in [-0.2, -0.15) is 0 Å². The molecule has 6 nitrogen and oxygen atoms in total. The number of nitrogen functional groups attached to an aromatic ring is 1. The van der Waals surface area contributed by atoms with Crippen LogP contribution in [0.1, 0.15) is 36.4 Å². The second-order valence-corrected chi connectivity index (χ2v) is 8.67. The van der Waals surface area contributed by atoms with Crippen molar-refractivity contribution in [3.8, 4) is 0 Å². The summed E-state index contributed by atoms with van der Waals surface area (Å²) in [5, 5.41) is 3.55. The predicted molar refractivity (Wildman–Crippen MR) is 80.8 cm³/mol. The first kappa shape index (κ1) is 15.1. The van der Waals surface area contributed by atoms with Gasteiger partial charge in [-0.1, -0.05) is 13.8 Å². The number of hydrogen-bond donors (Lipinski definition) is 3. The molecule has 1 aromatic rings. The molecule has 1 heterocycles. The molecular formula is C12H19N3O3S2. The summed E-state index contributed by atoms with van der Waals surface area (Å²) in [5.74, 6) is -0.774. The Morgan fingerprint density at radius 1 is 1.45 bits per heavy atom. The first-order chi connectivity index (χ1) is 9.20. The molecule has 20 heavy (non-hydrogen) atoms. The van der Waals surface area contributed by atoms with Gasteiger partial charge in [-0.15, -0.1) is 11.3 Å². The summed E-state index contributed by atoms with van der Waals surface area (Å²) in [4.78, 5) is 11.5. The van der Waals surface area contributed by atoms with E-state index in [2.05, 4.69) is 12.2 Å². The van der Waals surface area contributed by atoms with Gasteiger partial charge in [0.05, 0.1) is 11.4 Å². The van der Waals surface area contributed by atoms with Crippen LogP contribution in [-0.4, -0.2) is 26.6 Å². The smallest absolute Gasteiger partial charge is 0.261 e. The molecule has 0 aromatic carbocycles. The highest BCUT2D eigenvalue weighted by Crippen LogP contribution is 2.46. The zero-order chi connectivity index (χ0) is 15.1. The summed E-state index contributed by atoms with van der Waals surface area (Å²) in [5.41, 5.74) is 11.2. The lowest BCUT2D eigenvalue weighted by Crippen LogP contribution is -2.15. The van der Waals surface area contributed by atoms with E-state index in [4.69, 9.17) is 11.5 Å². The van der Waals surface area contributed by atoms with Gasteiger partial charge in [0.1, 0.15) is 14.8 Å². The third kappa shape index (κ3) is 2.76. The maximum atomic E-state index is 12.2. The van der Waals surface area contributed by atoms with Gasteiger partial charge >= 0.3 is 0 Å². The number of carbonyl (C=O) groups excluding carboxylic acids is 1. The van der Waals surface area contributed by atoms with Crippen molar-refractivity contribution in [3.05, 3.63) is 4.88 Å². The molecule has 1 amide bonds. The number of amides is 1. The second-order valence-electron chi connectivity index (χ2n) is 5.43. The van der Waals surface area contributed by atoms with Crippen LogP contribution in [0.15, 0.2) is 4.90 Å². The quantitative estimate of drug-likeness (QED) is 0.734. The molecule has 1 aliphatic carbocycles. The molecular weight excluding hydrogens is 298 g/mol. The summed E-state index contributed by atoms with van der Waals surface area (Å²) >= 11 is 1.02. The van der Waals surface area contributed by atoms with Gasteiger partial charge in [0.15, 0.2) is 9.84 Å². The molecule has 8 heteroatoms. The molecule has 1 aliphatic rings. The van der Waals surface area contributed by atoms with E-state index in [-0.39, 0.29) is 26.6 Å². The Balaban J connectivity index is 2.43. The van der Waals surface area contributed by atoms with Crippen molar-refractivity contribution in [2.75, 3.05) is 23.3 Å². The van der Waals surface area contributed by atoms with E-state index in [1.54, 1.807) is 6.92 Å². The third-order valence-corrected chi connectivity index (χ3v) is 6.71. The van der Waals surface area contributed by atoms with Gasteiger partial charge in [0.25, 0.3) is 5.91 Å². The van der Waals surface area contributed by atoms with E-state index in [0.29, 0.717) is 11.5 Å². The molecule has 0 atom stereocenters. The topological polar surface area (TPSA) is 115 Å². The Labute approximate surface area is 122 Å². The molecule has 0 saturated heterocycles. The van der Waals surface area contributed by atoms with Crippen LogP contribution in [0, 0.1) is 5.41 Å². The summed E-state index contributed by atoms with van der Waals surface area (Å²) in [6.07, 6.45) is 2.22. The highest BCUT2D eigenvalue weighted by atomic mass is 32.2. The van der Waals surface area contributed by atoms with E-state index in [9.17, 15) is 13.2 Å². The number of primary amides is 1. The molecule has 0 bridgehead atoms. The lowest BCUT2D eigenvalue weighted by Gasteiger charge is -2.11. The average Bonchev–Trinajstić information content (AvgIpc) is 2.99. The van der Waals surface area contributed by atoms with Crippen molar-refractivity contribution < 1.29 is 13.2 Å². The van der Waals surface area contributed by atoms with Crippen LogP contribution < -0.4 is 16.8 Å². The van der Waals surface area contributed by atoms with Crippen LogP contribution in [0.25, 0.3) is 0 Å². The highest BCUT2D eigenvalue weighted by Gasteiger charge is 2.38. The summed E-state index contributed by atoms with van der Waals surface area (Å²) in [7, 11) is -3.50. The molecule has 0 radical (unpaired) electrons. The number of anilines is 2. The zero-order valence-electron chi connectivity index (χ0n) is 11.5. The number of sulfone groups is 1. The number of carbonyl (C=O) groups is 1. The van der Waals surface area contributed by atoms with Crippen molar-refractivity contribution in [1.29, 1.82) is 0 Å². The molecule has 1 saturated carbocycles. The fraction of sp³-hybridized carbons (Fsp3) is 0.583. The van der Waals surface area contributed by atoms with E-state index in [1.807, 2.05) is 0 Å². The van der Waals surface area contributed by atoms with Crippen LogP contribution in [0.5, 0.6) is 0 Å². The number of rotatable bonds is 6. The standard InChI is InChI=1S/C12H19N3O3S2/c1-3-20(17,18)9-7(13)8(10(14)16)19-11(9)15-6-12(2)4-5-12/h15H,3-6,13H2,1-2H3,(H2,14,16). The first-order valence-corrected chi connectivity index (χ1v) is 8.86. The Kier molecular flexibility index (Phi) is 3.72. The van der Waals surface area contributed by atoms with Gasteiger partial charge in [-0.05, 0) is 18.3 Å². The summed E-state index contributed by atoms with van der Waals surface area (Å²) < 4.78 is 24.3. The Morgan fingerprint density at radius 3 is 2.50 bits per heavy atom. The van der Waals surface area contributed by atoms with Crippen LogP contribution in [0.4, 0.5) is 10.7 Å². The predicted octanol–water partition coefficient (Wildman–Crippen LogP) is 1.43. The van der Waals surface area contributed by atoms with Gasteiger partial charge < -0.3 is 16.8 Å². The molecule has 5 N–H and O–H groups in total. The Hall–Kier alpha value is -1.28. The minimum absolute atomic E-state index is 0.0167. The van der Waals surface area contributed by atoms with E-state index in [1.165, 1.54) is 0 Å². The highest BCUT2D eigenvalue weighted by molar-refractivity contribution is 7.91. The lowest BCUT2D eigenvalue weighted by atomic mass is 10.1. The maximum absolute atomic E-state index is 12.2. The van der Waals surface area contributed by atoms with Crippen molar-refractivity contribution in [2.45, 2.75) is 31.6 Å². The summed E-state index contributed by atoms with van der Waals surface area (Å²) in [6.45, 7) is 4.33. The van der Waals surface area contributed by atoms with Gasteiger partial charge in [-0.25, -0.2) is 8.42 Å². The van der Waals surface area contributed by atoms with E-state index < -0.39 is 15.7 Å². The number of hydrogen-bond acceptors (Lipinski definition) is 6. The minimum Gasteiger partial charge on any atom is -0.396 e. The van der Waals surface area contributed by atoms with E-state index in [0.717, 1.165) is 24.2 Å². The largest absolute Gasteiger partial charge is 0.396 e. The van der Waals surface area contributed by atoms with Crippen molar-refractivity contribution in [3.63, 3.8) is 0 Å².